The predicted octanol–water partition coefficient (Wildman–Crippen LogP) is 2.47. The van der Waals surface area contributed by atoms with Gasteiger partial charge in [0.2, 0.25) is 0 Å². The fourth-order valence-corrected chi connectivity index (χ4v) is 1.83. The number of nitrogens with two attached hydrogens (primary N) is 1. The summed E-state index contributed by atoms with van der Waals surface area (Å²) in [5.74, 6) is 0. The zero-order valence-corrected chi connectivity index (χ0v) is 10.5. The van der Waals surface area contributed by atoms with Crippen LogP contribution in [0.3, 0.4) is 0 Å². The molecule has 1 rings (SSSR count). The Kier molecular flexibility index (Phi) is 4.71. The maximum absolute atomic E-state index is 5.81. The summed E-state index contributed by atoms with van der Waals surface area (Å²) < 4.78 is 0. The summed E-state index contributed by atoms with van der Waals surface area (Å²) in [6.45, 7) is 11.6. The zero-order chi connectivity index (χ0) is 12.1. The van der Waals surface area contributed by atoms with E-state index in [0.29, 0.717) is 6.54 Å². The molecule has 0 bridgehead atoms. The minimum Gasteiger partial charge on any atom is -0.329 e. The predicted molar refractivity (Wildman–Crippen MR) is 70.5 cm³/mol. The highest BCUT2D eigenvalue weighted by molar-refractivity contribution is 5.33. The van der Waals surface area contributed by atoms with Crippen LogP contribution in [-0.2, 0) is 0 Å². The molecule has 0 spiro atoms. The van der Waals surface area contributed by atoms with Gasteiger partial charge in [-0.2, -0.15) is 0 Å². The van der Waals surface area contributed by atoms with Crippen molar-refractivity contribution < 1.29 is 0 Å². The fraction of sp³-hybridized carbons (Fsp3) is 0.429. The van der Waals surface area contributed by atoms with E-state index < -0.39 is 0 Å². The van der Waals surface area contributed by atoms with Crippen molar-refractivity contribution in [1.82, 2.24) is 5.32 Å². The van der Waals surface area contributed by atoms with E-state index in [2.05, 4.69) is 43.9 Å². The smallest absolute Gasteiger partial charge is 0.0449 e. The Morgan fingerprint density at radius 3 is 2.62 bits per heavy atom. The molecule has 0 fully saturated rings. The molecule has 2 heteroatoms. The lowest BCUT2D eigenvalue weighted by molar-refractivity contribution is 0.567. The fourth-order valence-electron chi connectivity index (χ4n) is 1.83. The van der Waals surface area contributed by atoms with Gasteiger partial charge in [-0.15, -0.1) is 0 Å². The van der Waals surface area contributed by atoms with Gasteiger partial charge in [0.15, 0.2) is 0 Å². The molecule has 0 saturated heterocycles. The molecule has 0 aliphatic carbocycles. The van der Waals surface area contributed by atoms with E-state index in [4.69, 9.17) is 5.73 Å². The van der Waals surface area contributed by atoms with E-state index in [1.54, 1.807) is 0 Å². The van der Waals surface area contributed by atoms with Crippen LogP contribution in [-0.4, -0.2) is 13.1 Å². The SMILES string of the molecule is C=C(C)CNC(CN)c1ccc(C)cc1C. The van der Waals surface area contributed by atoms with E-state index in [1.807, 2.05) is 6.92 Å². The number of hydrogen-bond donors (Lipinski definition) is 2. The Labute approximate surface area is 98.6 Å². The first-order valence-corrected chi connectivity index (χ1v) is 5.69. The largest absolute Gasteiger partial charge is 0.329 e. The lowest BCUT2D eigenvalue weighted by atomic mass is 9.99. The Morgan fingerprint density at radius 1 is 1.44 bits per heavy atom. The maximum atomic E-state index is 5.81. The third-order valence-corrected chi connectivity index (χ3v) is 2.69. The van der Waals surface area contributed by atoms with Gasteiger partial charge in [-0.3, -0.25) is 0 Å². The van der Waals surface area contributed by atoms with Crippen molar-refractivity contribution in [2.75, 3.05) is 13.1 Å². The zero-order valence-electron chi connectivity index (χ0n) is 10.5. The topological polar surface area (TPSA) is 38.0 Å². The first-order chi connectivity index (χ1) is 7.54. The highest BCUT2D eigenvalue weighted by Gasteiger charge is 2.10. The molecule has 1 aromatic rings. The molecule has 0 amide bonds. The van der Waals surface area contributed by atoms with Crippen molar-refractivity contribution in [3.63, 3.8) is 0 Å². The van der Waals surface area contributed by atoms with Crippen LogP contribution in [0.1, 0.15) is 29.7 Å². The van der Waals surface area contributed by atoms with Gasteiger partial charge in [-0.1, -0.05) is 35.9 Å². The molecule has 0 saturated carbocycles. The van der Waals surface area contributed by atoms with Crippen LogP contribution < -0.4 is 11.1 Å². The molecule has 3 N–H and O–H groups in total. The van der Waals surface area contributed by atoms with E-state index in [0.717, 1.165) is 12.1 Å². The molecule has 88 valence electrons. The van der Waals surface area contributed by atoms with Crippen molar-refractivity contribution in [1.29, 1.82) is 0 Å². The summed E-state index contributed by atoms with van der Waals surface area (Å²) in [6.07, 6.45) is 0. The molecular formula is C14H22N2. The number of nitrogens with one attached hydrogen (secondary N) is 1. The lowest BCUT2D eigenvalue weighted by Gasteiger charge is -2.19. The van der Waals surface area contributed by atoms with Crippen molar-refractivity contribution in [2.24, 2.45) is 5.73 Å². The highest BCUT2D eigenvalue weighted by atomic mass is 14.9. The van der Waals surface area contributed by atoms with Gasteiger partial charge in [0.25, 0.3) is 0 Å². The van der Waals surface area contributed by atoms with Crippen LogP contribution in [0.5, 0.6) is 0 Å². The van der Waals surface area contributed by atoms with Gasteiger partial charge >= 0.3 is 0 Å². The highest BCUT2D eigenvalue weighted by Crippen LogP contribution is 2.18. The average molecular weight is 218 g/mol. The third kappa shape index (κ3) is 3.47. The average Bonchev–Trinajstić information content (AvgIpc) is 2.21. The Balaban J connectivity index is 2.82. The molecule has 0 aromatic heterocycles. The molecule has 1 unspecified atom stereocenters. The van der Waals surface area contributed by atoms with Crippen molar-refractivity contribution in [2.45, 2.75) is 26.8 Å². The minimum atomic E-state index is 0.220. The normalized spacial score (nSPS) is 12.5. The molecule has 1 atom stereocenters. The van der Waals surface area contributed by atoms with Gasteiger partial charge in [0.05, 0.1) is 0 Å². The summed E-state index contributed by atoms with van der Waals surface area (Å²) in [4.78, 5) is 0. The molecule has 0 aliphatic heterocycles. The van der Waals surface area contributed by atoms with Crippen molar-refractivity contribution in [3.8, 4) is 0 Å². The van der Waals surface area contributed by atoms with Gasteiger partial charge in [-0.25, -0.2) is 0 Å². The van der Waals surface area contributed by atoms with Gasteiger partial charge in [0, 0.05) is 19.1 Å². The van der Waals surface area contributed by atoms with Crippen LogP contribution in [0.2, 0.25) is 0 Å². The summed E-state index contributed by atoms with van der Waals surface area (Å²) in [6, 6.07) is 6.71. The molecule has 0 radical (unpaired) electrons. The van der Waals surface area contributed by atoms with E-state index >= 15 is 0 Å². The third-order valence-electron chi connectivity index (χ3n) is 2.69. The number of hydrogen-bond acceptors (Lipinski definition) is 2. The van der Waals surface area contributed by atoms with Crippen LogP contribution in [0, 0.1) is 13.8 Å². The second-order valence-electron chi connectivity index (χ2n) is 4.49. The minimum absolute atomic E-state index is 0.220. The summed E-state index contributed by atoms with van der Waals surface area (Å²) >= 11 is 0. The summed E-state index contributed by atoms with van der Waals surface area (Å²) in [7, 11) is 0. The number of benzene rings is 1. The maximum Gasteiger partial charge on any atom is 0.0449 e. The molecule has 0 aliphatic rings. The first kappa shape index (κ1) is 12.9. The summed E-state index contributed by atoms with van der Waals surface area (Å²) in [5, 5.41) is 3.42. The molecule has 0 heterocycles. The lowest BCUT2D eigenvalue weighted by Crippen LogP contribution is -2.29. The standard InChI is InChI=1S/C14H22N2/c1-10(2)9-16-14(8-15)13-6-5-11(3)7-12(13)4/h5-7,14,16H,1,8-9,15H2,2-4H3. The van der Waals surface area contributed by atoms with Crippen LogP contribution >= 0.6 is 0 Å². The van der Waals surface area contributed by atoms with Gasteiger partial charge in [0.1, 0.15) is 0 Å². The van der Waals surface area contributed by atoms with Crippen molar-refractivity contribution >= 4 is 0 Å². The quantitative estimate of drug-likeness (QED) is 0.745. The Hall–Kier alpha value is -1.12. The van der Waals surface area contributed by atoms with Gasteiger partial charge < -0.3 is 11.1 Å². The Bertz CT molecular complexity index is 369. The Morgan fingerprint density at radius 2 is 2.12 bits per heavy atom. The molecular weight excluding hydrogens is 196 g/mol. The molecule has 16 heavy (non-hydrogen) atoms. The van der Waals surface area contributed by atoms with Crippen LogP contribution in [0.4, 0.5) is 0 Å². The second-order valence-corrected chi connectivity index (χ2v) is 4.49. The summed E-state index contributed by atoms with van der Waals surface area (Å²) in [5.41, 5.74) is 10.8. The van der Waals surface area contributed by atoms with E-state index in [9.17, 15) is 0 Å². The number of aryl methyl sites for hydroxylation is 2. The first-order valence-electron chi connectivity index (χ1n) is 5.69. The van der Waals surface area contributed by atoms with Crippen LogP contribution in [0.15, 0.2) is 30.4 Å². The van der Waals surface area contributed by atoms with E-state index in [-0.39, 0.29) is 6.04 Å². The monoisotopic (exact) mass is 218 g/mol. The van der Waals surface area contributed by atoms with Gasteiger partial charge in [-0.05, 0) is 31.9 Å². The number of rotatable bonds is 5. The second kappa shape index (κ2) is 5.83. The van der Waals surface area contributed by atoms with E-state index in [1.165, 1.54) is 16.7 Å². The van der Waals surface area contributed by atoms with Crippen LogP contribution in [0.25, 0.3) is 0 Å². The molecule has 1 aromatic carbocycles. The molecule has 2 nitrogen and oxygen atoms in total. The van der Waals surface area contributed by atoms with Crippen molar-refractivity contribution in [3.05, 3.63) is 47.0 Å².